The lowest BCUT2D eigenvalue weighted by Crippen LogP contribution is -1.83. The third kappa shape index (κ3) is 3.41. The number of hydrogen-bond donors (Lipinski definition) is 2. The molecular formula is C12H10O3S2. The van der Waals surface area contributed by atoms with Crippen molar-refractivity contribution < 1.29 is 13.8 Å². The van der Waals surface area contributed by atoms with E-state index in [2.05, 4.69) is 0 Å². The van der Waals surface area contributed by atoms with E-state index >= 15 is 0 Å². The molecule has 0 aliphatic carbocycles. The van der Waals surface area contributed by atoms with Gasteiger partial charge >= 0.3 is 0 Å². The summed E-state index contributed by atoms with van der Waals surface area (Å²) in [6, 6.07) is 14.2. The van der Waals surface area contributed by atoms with Crippen molar-refractivity contribution in [3.05, 3.63) is 48.5 Å². The predicted octanol–water partition coefficient (Wildman–Crippen LogP) is 4.61. The molecule has 0 saturated carbocycles. The zero-order valence-electron chi connectivity index (χ0n) is 8.74. The van der Waals surface area contributed by atoms with Crippen LogP contribution in [0.2, 0.25) is 0 Å². The number of ether oxygens (including phenoxy) is 1. The van der Waals surface area contributed by atoms with Gasteiger partial charge in [-0.2, -0.15) is 0 Å². The lowest BCUT2D eigenvalue weighted by atomic mass is 10.3. The Morgan fingerprint density at radius 2 is 1.00 bits per heavy atom. The Hall–Kier alpha value is -1.14. The van der Waals surface area contributed by atoms with E-state index < -0.39 is 0 Å². The maximum Gasteiger partial charge on any atom is 0.127 e. The molecule has 0 bridgehead atoms. The SMILES string of the molecule is OSc1ccc(Oc2ccc(SO)cc2)cc1. The Bertz CT molecular complexity index is 423. The smallest absolute Gasteiger partial charge is 0.127 e. The molecule has 0 unspecified atom stereocenters. The molecule has 0 amide bonds. The molecule has 2 aromatic rings. The van der Waals surface area contributed by atoms with Gasteiger partial charge in [0.15, 0.2) is 0 Å². The molecule has 2 aromatic carbocycles. The van der Waals surface area contributed by atoms with Crippen LogP contribution in [0.4, 0.5) is 0 Å². The molecule has 2 N–H and O–H groups in total. The third-order valence-electron chi connectivity index (χ3n) is 2.09. The fraction of sp³-hybridized carbons (Fsp3) is 0. The van der Waals surface area contributed by atoms with Crippen LogP contribution in [0.15, 0.2) is 58.3 Å². The van der Waals surface area contributed by atoms with E-state index in [9.17, 15) is 0 Å². The van der Waals surface area contributed by atoms with Gasteiger partial charge in [-0.05, 0) is 48.5 Å². The average Bonchev–Trinajstić information content (AvgIpc) is 2.40. The van der Waals surface area contributed by atoms with Gasteiger partial charge in [-0.1, -0.05) is 0 Å². The largest absolute Gasteiger partial charge is 0.457 e. The quantitative estimate of drug-likeness (QED) is 0.791. The number of rotatable bonds is 4. The first-order valence-corrected chi connectivity index (χ1v) is 6.37. The second kappa shape index (κ2) is 5.97. The second-order valence-corrected chi connectivity index (χ2v) is 4.54. The summed E-state index contributed by atoms with van der Waals surface area (Å²) in [5, 5.41) is 0. The van der Waals surface area contributed by atoms with Gasteiger partial charge < -0.3 is 13.8 Å². The van der Waals surface area contributed by atoms with E-state index in [0.29, 0.717) is 35.6 Å². The zero-order valence-corrected chi connectivity index (χ0v) is 10.4. The minimum atomic E-state index is 0.701. The third-order valence-corrected chi connectivity index (χ3v) is 3.06. The molecule has 0 radical (unpaired) electrons. The average molecular weight is 266 g/mol. The molecule has 0 fully saturated rings. The van der Waals surface area contributed by atoms with Gasteiger partial charge in [-0.3, -0.25) is 0 Å². The fourth-order valence-electron chi connectivity index (χ4n) is 1.27. The maximum absolute atomic E-state index is 8.83. The predicted molar refractivity (Wildman–Crippen MR) is 69.9 cm³/mol. The van der Waals surface area contributed by atoms with E-state index in [1.165, 1.54) is 0 Å². The summed E-state index contributed by atoms with van der Waals surface area (Å²) in [7, 11) is 0. The van der Waals surface area contributed by atoms with Gasteiger partial charge in [0.25, 0.3) is 0 Å². The molecule has 88 valence electrons. The molecule has 0 atom stereocenters. The molecule has 0 aliphatic heterocycles. The van der Waals surface area contributed by atoms with Gasteiger partial charge in [0.05, 0.1) is 0 Å². The van der Waals surface area contributed by atoms with Crippen molar-refractivity contribution in [2.45, 2.75) is 9.79 Å². The first-order valence-electron chi connectivity index (χ1n) is 4.82. The first-order chi connectivity index (χ1) is 8.31. The lowest BCUT2D eigenvalue weighted by Gasteiger charge is -2.06. The Morgan fingerprint density at radius 1 is 0.647 bits per heavy atom. The maximum atomic E-state index is 8.83. The molecule has 0 aromatic heterocycles. The minimum Gasteiger partial charge on any atom is -0.457 e. The number of benzene rings is 2. The summed E-state index contributed by atoms with van der Waals surface area (Å²) in [6.07, 6.45) is 0. The summed E-state index contributed by atoms with van der Waals surface area (Å²) in [6.45, 7) is 0. The molecule has 0 aliphatic rings. The molecule has 5 heteroatoms. The summed E-state index contributed by atoms with van der Waals surface area (Å²) in [5.74, 6) is 1.40. The highest BCUT2D eigenvalue weighted by molar-refractivity contribution is 7.94. The summed E-state index contributed by atoms with van der Waals surface area (Å²) in [5.41, 5.74) is 0. The van der Waals surface area contributed by atoms with Crippen LogP contribution in [-0.2, 0) is 0 Å². The lowest BCUT2D eigenvalue weighted by molar-refractivity contribution is 0.482. The molecule has 3 nitrogen and oxygen atoms in total. The van der Waals surface area contributed by atoms with Crippen LogP contribution in [0.3, 0.4) is 0 Å². The normalized spacial score (nSPS) is 10.2. The van der Waals surface area contributed by atoms with Crippen LogP contribution in [0.25, 0.3) is 0 Å². The van der Waals surface area contributed by atoms with Crippen LogP contribution in [0, 0.1) is 0 Å². The van der Waals surface area contributed by atoms with Gasteiger partial charge in [-0.15, -0.1) is 0 Å². The van der Waals surface area contributed by atoms with Crippen LogP contribution >= 0.6 is 24.1 Å². The highest BCUT2D eigenvalue weighted by Gasteiger charge is 1.98. The van der Waals surface area contributed by atoms with Crippen LogP contribution in [0.1, 0.15) is 0 Å². The minimum absolute atomic E-state index is 0.701. The van der Waals surface area contributed by atoms with Gasteiger partial charge in [0, 0.05) is 33.9 Å². The molecule has 2 rings (SSSR count). The van der Waals surface area contributed by atoms with Crippen molar-refractivity contribution in [3.8, 4) is 11.5 Å². The molecule has 0 saturated heterocycles. The second-order valence-electron chi connectivity index (χ2n) is 3.23. The van der Waals surface area contributed by atoms with Crippen molar-refractivity contribution in [1.29, 1.82) is 0 Å². The van der Waals surface area contributed by atoms with E-state index in [1.807, 2.05) is 0 Å². The molecule has 17 heavy (non-hydrogen) atoms. The van der Waals surface area contributed by atoms with Gasteiger partial charge in [-0.25, -0.2) is 0 Å². The fourth-order valence-corrected chi connectivity index (χ4v) is 1.79. The standard InChI is InChI=1S/C12H10O3S2/c13-16-11-5-1-9(2-6-11)15-10-3-7-12(17-14)8-4-10/h1-8,13-14H. The molecule has 0 spiro atoms. The van der Waals surface area contributed by atoms with Gasteiger partial charge in [0.2, 0.25) is 0 Å². The van der Waals surface area contributed by atoms with E-state index in [4.69, 9.17) is 13.8 Å². The molecular weight excluding hydrogens is 256 g/mol. The zero-order chi connectivity index (χ0) is 12.1. The summed E-state index contributed by atoms with van der Waals surface area (Å²) in [4.78, 5) is 1.54. The van der Waals surface area contributed by atoms with E-state index in [-0.39, 0.29) is 0 Å². The Morgan fingerprint density at radius 3 is 1.29 bits per heavy atom. The van der Waals surface area contributed by atoms with Crippen molar-refractivity contribution in [2.24, 2.45) is 0 Å². The van der Waals surface area contributed by atoms with Crippen molar-refractivity contribution in [3.63, 3.8) is 0 Å². The number of hydrogen-bond acceptors (Lipinski definition) is 5. The Balaban J connectivity index is 2.08. The summed E-state index contributed by atoms with van der Waals surface area (Å²) < 4.78 is 23.2. The Labute approximate surface area is 108 Å². The summed E-state index contributed by atoms with van der Waals surface area (Å²) >= 11 is 1.41. The van der Waals surface area contributed by atoms with E-state index in [1.54, 1.807) is 48.5 Å². The highest BCUT2D eigenvalue weighted by atomic mass is 32.2. The topological polar surface area (TPSA) is 49.7 Å². The highest BCUT2D eigenvalue weighted by Crippen LogP contribution is 2.25. The Kier molecular flexibility index (Phi) is 4.33. The molecule has 0 heterocycles. The van der Waals surface area contributed by atoms with Crippen molar-refractivity contribution in [1.82, 2.24) is 0 Å². The van der Waals surface area contributed by atoms with Crippen molar-refractivity contribution in [2.75, 3.05) is 0 Å². The van der Waals surface area contributed by atoms with E-state index in [0.717, 1.165) is 9.79 Å². The first kappa shape index (κ1) is 12.3. The van der Waals surface area contributed by atoms with Crippen molar-refractivity contribution >= 4 is 24.1 Å². The van der Waals surface area contributed by atoms with Crippen LogP contribution < -0.4 is 4.74 Å². The van der Waals surface area contributed by atoms with Crippen LogP contribution in [-0.4, -0.2) is 9.11 Å². The van der Waals surface area contributed by atoms with Crippen LogP contribution in [0.5, 0.6) is 11.5 Å². The monoisotopic (exact) mass is 266 g/mol. The van der Waals surface area contributed by atoms with Gasteiger partial charge in [0.1, 0.15) is 11.5 Å².